The van der Waals surface area contributed by atoms with Gasteiger partial charge in [-0.3, -0.25) is 0 Å². The summed E-state index contributed by atoms with van der Waals surface area (Å²) in [5.41, 5.74) is 8.62. The number of aryl methyl sites for hydroxylation is 1. The Balaban J connectivity index is 2.04. The van der Waals surface area contributed by atoms with Gasteiger partial charge >= 0.3 is 0 Å². The molecule has 0 aliphatic heterocycles. The summed E-state index contributed by atoms with van der Waals surface area (Å²) in [6.45, 7) is 0. The van der Waals surface area contributed by atoms with Crippen molar-refractivity contribution in [2.75, 3.05) is 0 Å². The fourth-order valence-corrected chi connectivity index (χ4v) is 3.14. The van der Waals surface area contributed by atoms with E-state index in [1.54, 1.807) is 11.3 Å². The maximum atomic E-state index is 6.20. The Kier molecular flexibility index (Phi) is 4.62. The fraction of sp³-hybridized carbons (Fsp3) is 0.231. The van der Waals surface area contributed by atoms with Crippen LogP contribution in [0.1, 0.15) is 23.6 Å². The molecule has 0 spiro atoms. The van der Waals surface area contributed by atoms with Gasteiger partial charge in [-0.2, -0.15) is 11.3 Å². The van der Waals surface area contributed by atoms with E-state index in [9.17, 15) is 0 Å². The largest absolute Gasteiger partial charge is 0.324 e. The second kappa shape index (κ2) is 6.01. The highest BCUT2D eigenvalue weighted by Gasteiger charge is 2.10. The second-order valence-corrected chi connectivity index (χ2v) is 6.01. The molecule has 1 atom stereocenters. The molecule has 0 saturated heterocycles. The normalized spacial score (nSPS) is 12.6. The lowest BCUT2D eigenvalue weighted by Gasteiger charge is -2.13. The summed E-state index contributed by atoms with van der Waals surface area (Å²) in [7, 11) is 0. The van der Waals surface area contributed by atoms with Crippen LogP contribution in [0.5, 0.6) is 0 Å². The van der Waals surface area contributed by atoms with E-state index in [-0.39, 0.29) is 6.04 Å². The van der Waals surface area contributed by atoms with Gasteiger partial charge in [-0.25, -0.2) is 0 Å². The summed E-state index contributed by atoms with van der Waals surface area (Å²) in [5.74, 6) is 0. The topological polar surface area (TPSA) is 26.0 Å². The van der Waals surface area contributed by atoms with E-state index < -0.39 is 0 Å². The Labute approximate surface area is 119 Å². The molecule has 0 radical (unpaired) electrons. The molecule has 1 unspecified atom stereocenters. The minimum absolute atomic E-state index is 0.0166. The van der Waals surface area contributed by atoms with Gasteiger partial charge in [0.1, 0.15) is 0 Å². The van der Waals surface area contributed by atoms with Crippen LogP contribution in [0.4, 0.5) is 0 Å². The maximum Gasteiger partial charge on any atom is 0.0410 e. The zero-order valence-electron chi connectivity index (χ0n) is 9.20. The van der Waals surface area contributed by atoms with Gasteiger partial charge in [0.25, 0.3) is 0 Å². The van der Waals surface area contributed by atoms with Gasteiger partial charge in [0.05, 0.1) is 0 Å². The third-order valence-corrected chi connectivity index (χ3v) is 4.37. The average molecular weight is 331 g/mol. The van der Waals surface area contributed by atoms with Crippen molar-refractivity contribution in [1.82, 2.24) is 0 Å². The van der Waals surface area contributed by atoms with Crippen LogP contribution in [0, 0.1) is 0 Å². The molecule has 1 nitrogen and oxygen atoms in total. The number of rotatable bonds is 4. The van der Waals surface area contributed by atoms with Crippen LogP contribution in [0.2, 0.25) is 5.02 Å². The van der Waals surface area contributed by atoms with Crippen LogP contribution in [-0.4, -0.2) is 0 Å². The lowest BCUT2D eigenvalue weighted by Crippen LogP contribution is -2.11. The third-order valence-electron chi connectivity index (χ3n) is 2.68. The van der Waals surface area contributed by atoms with Crippen molar-refractivity contribution < 1.29 is 0 Å². The van der Waals surface area contributed by atoms with Gasteiger partial charge in [0, 0.05) is 15.5 Å². The quantitative estimate of drug-likeness (QED) is 0.856. The molecule has 2 rings (SSSR count). The van der Waals surface area contributed by atoms with Crippen LogP contribution >= 0.6 is 38.9 Å². The first-order valence-corrected chi connectivity index (χ1v) is 7.50. The molecular formula is C13H13BrClNS. The number of hydrogen-bond donors (Lipinski definition) is 1. The lowest BCUT2D eigenvalue weighted by molar-refractivity contribution is 0.650. The molecule has 0 aliphatic carbocycles. The summed E-state index contributed by atoms with van der Waals surface area (Å²) in [6, 6.07) is 7.90. The van der Waals surface area contributed by atoms with Crippen molar-refractivity contribution >= 4 is 38.9 Å². The Morgan fingerprint density at radius 3 is 2.88 bits per heavy atom. The molecule has 2 aromatic rings. The van der Waals surface area contributed by atoms with E-state index in [4.69, 9.17) is 17.3 Å². The minimum Gasteiger partial charge on any atom is -0.324 e. The zero-order chi connectivity index (χ0) is 12.3. The number of benzene rings is 1. The van der Waals surface area contributed by atoms with Crippen molar-refractivity contribution in [1.29, 1.82) is 0 Å². The minimum atomic E-state index is 0.0166. The van der Waals surface area contributed by atoms with Gasteiger partial charge in [-0.05, 0) is 59.0 Å². The molecule has 90 valence electrons. The van der Waals surface area contributed by atoms with Gasteiger partial charge in [-0.1, -0.05) is 27.5 Å². The molecule has 1 heterocycles. The van der Waals surface area contributed by atoms with Crippen LogP contribution in [0.3, 0.4) is 0 Å². The number of nitrogens with two attached hydrogens (primary N) is 1. The molecule has 2 N–H and O–H groups in total. The molecule has 1 aromatic heterocycles. The van der Waals surface area contributed by atoms with Crippen molar-refractivity contribution in [2.45, 2.75) is 18.9 Å². The molecule has 0 saturated carbocycles. The second-order valence-electron chi connectivity index (χ2n) is 3.94. The van der Waals surface area contributed by atoms with Gasteiger partial charge in [0.2, 0.25) is 0 Å². The predicted molar refractivity (Wildman–Crippen MR) is 78.7 cm³/mol. The summed E-state index contributed by atoms with van der Waals surface area (Å²) in [4.78, 5) is 0. The van der Waals surface area contributed by atoms with Crippen molar-refractivity contribution in [2.24, 2.45) is 5.73 Å². The molecule has 0 fully saturated rings. The van der Waals surface area contributed by atoms with Crippen LogP contribution < -0.4 is 5.73 Å². The van der Waals surface area contributed by atoms with E-state index >= 15 is 0 Å². The monoisotopic (exact) mass is 329 g/mol. The highest BCUT2D eigenvalue weighted by molar-refractivity contribution is 9.10. The van der Waals surface area contributed by atoms with E-state index in [0.29, 0.717) is 0 Å². The summed E-state index contributed by atoms with van der Waals surface area (Å²) < 4.78 is 1.03. The maximum absolute atomic E-state index is 6.20. The Hall–Kier alpha value is -0.350. The van der Waals surface area contributed by atoms with E-state index in [1.807, 2.05) is 18.2 Å². The van der Waals surface area contributed by atoms with Crippen LogP contribution in [0.25, 0.3) is 0 Å². The van der Waals surface area contributed by atoms with E-state index in [0.717, 1.165) is 27.9 Å². The first kappa shape index (κ1) is 13.1. The molecule has 0 aliphatic rings. The third kappa shape index (κ3) is 3.55. The highest BCUT2D eigenvalue weighted by Crippen LogP contribution is 2.28. The zero-order valence-corrected chi connectivity index (χ0v) is 12.4. The first-order valence-electron chi connectivity index (χ1n) is 5.38. The molecule has 17 heavy (non-hydrogen) atoms. The summed E-state index contributed by atoms with van der Waals surface area (Å²) >= 11 is 11.2. The standard InChI is InChI=1S/C13H13BrClNS/c14-12-3-2-10(15)7-11(12)13(16)4-1-9-5-6-17-8-9/h2-3,5-8,13H,1,4,16H2. The molecule has 0 bridgehead atoms. The molecule has 1 aromatic carbocycles. The first-order chi connectivity index (χ1) is 8.16. The highest BCUT2D eigenvalue weighted by atomic mass is 79.9. The van der Waals surface area contributed by atoms with E-state index in [2.05, 4.69) is 32.8 Å². The van der Waals surface area contributed by atoms with Crippen LogP contribution in [0.15, 0.2) is 39.5 Å². The average Bonchev–Trinajstić information content (AvgIpc) is 2.82. The Bertz CT molecular complexity index is 484. The lowest BCUT2D eigenvalue weighted by atomic mass is 10.0. The van der Waals surface area contributed by atoms with E-state index in [1.165, 1.54) is 5.56 Å². The fourth-order valence-electron chi connectivity index (χ4n) is 1.71. The molecule has 4 heteroatoms. The summed E-state index contributed by atoms with van der Waals surface area (Å²) in [5, 5.41) is 4.99. The smallest absolute Gasteiger partial charge is 0.0410 e. The van der Waals surface area contributed by atoms with Gasteiger partial charge in [0.15, 0.2) is 0 Å². The van der Waals surface area contributed by atoms with Crippen molar-refractivity contribution in [3.63, 3.8) is 0 Å². The Morgan fingerprint density at radius 1 is 1.35 bits per heavy atom. The molecular weight excluding hydrogens is 318 g/mol. The van der Waals surface area contributed by atoms with Gasteiger partial charge < -0.3 is 5.73 Å². The van der Waals surface area contributed by atoms with Gasteiger partial charge in [-0.15, -0.1) is 0 Å². The van der Waals surface area contributed by atoms with Crippen molar-refractivity contribution in [3.8, 4) is 0 Å². The SMILES string of the molecule is NC(CCc1ccsc1)c1cc(Cl)ccc1Br. The molecule has 0 amide bonds. The predicted octanol–water partition coefficient (Wildman–Crippen LogP) is 4.80. The van der Waals surface area contributed by atoms with Crippen molar-refractivity contribution in [3.05, 3.63) is 55.6 Å². The Morgan fingerprint density at radius 2 is 2.18 bits per heavy atom. The van der Waals surface area contributed by atoms with Crippen LogP contribution in [-0.2, 0) is 6.42 Å². The summed E-state index contributed by atoms with van der Waals surface area (Å²) in [6.07, 6.45) is 1.93. The number of hydrogen-bond acceptors (Lipinski definition) is 2. The number of thiophene rings is 1. The number of halogens is 2.